The molecule has 4 heterocycles. The molecule has 0 bridgehead atoms. The van der Waals surface area contributed by atoms with Gasteiger partial charge >= 0.3 is 0 Å². The summed E-state index contributed by atoms with van der Waals surface area (Å²) in [5.41, 5.74) is 3.63. The van der Waals surface area contributed by atoms with E-state index in [2.05, 4.69) is 11.1 Å². The van der Waals surface area contributed by atoms with Gasteiger partial charge in [0.2, 0.25) is 0 Å². The maximum atomic E-state index is 13.6. The first kappa shape index (κ1) is 19.0. The minimum Gasteiger partial charge on any atom is -0.342 e. The number of piperidine rings is 1. The maximum absolute atomic E-state index is 13.6. The maximum Gasteiger partial charge on any atom is 0.257 e. The zero-order valence-electron chi connectivity index (χ0n) is 17.6. The number of aryl methyl sites for hydroxylation is 2. The van der Waals surface area contributed by atoms with Crippen LogP contribution in [-0.4, -0.2) is 51.5 Å². The van der Waals surface area contributed by atoms with E-state index in [0.29, 0.717) is 31.5 Å². The third kappa shape index (κ3) is 2.99. The van der Waals surface area contributed by atoms with Crippen LogP contribution in [0.25, 0.3) is 0 Å². The number of ether oxygens (including phenoxy) is 1. The van der Waals surface area contributed by atoms with Crippen molar-refractivity contribution in [2.24, 2.45) is 0 Å². The van der Waals surface area contributed by atoms with Crippen molar-refractivity contribution in [3.8, 4) is 0 Å². The van der Waals surface area contributed by atoms with Crippen LogP contribution in [0.3, 0.4) is 0 Å². The van der Waals surface area contributed by atoms with Gasteiger partial charge in [-0.05, 0) is 55.4 Å². The predicted molar refractivity (Wildman–Crippen MR) is 114 cm³/mol. The Morgan fingerprint density at radius 3 is 2.71 bits per heavy atom. The Hall–Kier alpha value is -2.73. The van der Waals surface area contributed by atoms with Crippen LogP contribution in [0, 0.1) is 0 Å². The van der Waals surface area contributed by atoms with Crippen molar-refractivity contribution < 1.29 is 14.3 Å². The highest BCUT2D eigenvalue weighted by atomic mass is 16.6. The van der Waals surface area contributed by atoms with Crippen molar-refractivity contribution in [2.45, 2.75) is 62.8 Å². The molecular formula is C25H27N3O3. The largest absolute Gasteiger partial charge is 0.342 e. The third-order valence-corrected chi connectivity index (χ3v) is 7.52. The molecule has 6 rings (SSSR count). The summed E-state index contributed by atoms with van der Waals surface area (Å²) in [4.78, 5) is 34.9. The fraction of sp³-hybridized carbons (Fsp3) is 0.480. The summed E-state index contributed by atoms with van der Waals surface area (Å²) in [7, 11) is 0. The second-order valence-electron chi connectivity index (χ2n) is 9.26. The standard InChI is InChI=1S/C25H27N3O3/c29-23(17-5-2-1-3-6-17)27-13-11-25(12-14-27)24(30)28-21(9-10-22(28)31-25)19-15-18-7-4-8-20(18)26-16-19/h1-3,5-6,15-16,21-22H,4,7-14H2. The van der Waals surface area contributed by atoms with Gasteiger partial charge in [-0.3, -0.25) is 14.6 Å². The van der Waals surface area contributed by atoms with Gasteiger partial charge in [0, 0.05) is 43.4 Å². The summed E-state index contributed by atoms with van der Waals surface area (Å²) in [5.74, 6) is 0.135. The molecule has 31 heavy (non-hydrogen) atoms. The van der Waals surface area contributed by atoms with Gasteiger partial charge in [0.05, 0.1) is 6.04 Å². The zero-order valence-corrected chi connectivity index (χ0v) is 17.6. The van der Waals surface area contributed by atoms with Crippen LogP contribution in [0.5, 0.6) is 0 Å². The first-order chi connectivity index (χ1) is 15.1. The van der Waals surface area contributed by atoms with E-state index < -0.39 is 5.60 Å². The van der Waals surface area contributed by atoms with Gasteiger partial charge in [-0.1, -0.05) is 24.3 Å². The first-order valence-corrected chi connectivity index (χ1v) is 11.5. The minimum atomic E-state index is -0.777. The third-order valence-electron chi connectivity index (χ3n) is 7.52. The van der Waals surface area contributed by atoms with Crippen molar-refractivity contribution in [3.05, 3.63) is 65.0 Å². The van der Waals surface area contributed by atoms with E-state index in [-0.39, 0.29) is 24.1 Å². The van der Waals surface area contributed by atoms with E-state index in [1.54, 1.807) is 0 Å². The fourth-order valence-electron chi connectivity index (χ4n) is 5.83. The molecule has 1 spiro atoms. The Labute approximate surface area is 182 Å². The highest BCUT2D eigenvalue weighted by Crippen LogP contribution is 2.48. The molecule has 4 aliphatic rings. The molecule has 3 aliphatic heterocycles. The average Bonchev–Trinajstić information content (AvgIpc) is 3.50. The van der Waals surface area contributed by atoms with E-state index in [9.17, 15) is 9.59 Å². The Kier molecular flexibility index (Phi) is 4.39. The molecule has 2 aromatic rings. The summed E-state index contributed by atoms with van der Waals surface area (Å²) in [6, 6.07) is 11.7. The van der Waals surface area contributed by atoms with Crippen LogP contribution in [-0.2, 0) is 22.4 Å². The first-order valence-electron chi connectivity index (χ1n) is 11.5. The fourth-order valence-corrected chi connectivity index (χ4v) is 5.83. The Morgan fingerprint density at radius 1 is 1.10 bits per heavy atom. The number of rotatable bonds is 2. The minimum absolute atomic E-state index is 0.0310. The van der Waals surface area contributed by atoms with Crippen molar-refractivity contribution in [1.29, 1.82) is 0 Å². The van der Waals surface area contributed by atoms with Gasteiger partial charge in [-0.2, -0.15) is 0 Å². The number of carbonyl (C=O) groups is 2. The second-order valence-corrected chi connectivity index (χ2v) is 9.26. The summed E-state index contributed by atoms with van der Waals surface area (Å²) in [6.45, 7) is 1.09. The number of likely N-dealkylation sites (tertiary alicyclic amines) is 1. The number of hydrogen-bond acceptors (Lipinski definition) is 4. The molecule has 6 nitrogen and oxygen atoms in total. The smallest absolute Gasteiger partial charge is 0.257 e. The van der Waals surface area contributed by atoms with E-state index in [1.807, 2.05) is 46.3 Å². The second kappa shape index (κ2) is 7.16. The molecule has 1 aliphatic carbocycles. The predicted octanol–water partition coefficient (Wildman–Crippen LogP) is 3.27. The molecule has 0 radical (unpaired) electrons. The average molecular weight is 418 g/mol. The Bertz CT molecular complexity index is 1030. The highest BCUT2D eigenvalue weighted by Gasteiger charge is 2.58. The molecule has 6 heteroatoms. The monoisotopic (exact) mass is 417 g/mol. The van der Waals surface area contributed by atoms with Crippen LogP contribution in [0.1, 0.15) is 65.3 Å². The van der Waals surface area contributed by atoms with Gasteiger partial charge in [-0.25, -0.2) is 0 Å². The lowest BCUT2D eigenvalue weighted by Gasteiger charge is -2.37. The summed E-state index contributed by atoms with van der Waals surface area (Å²) >= 11 is 0. The number of nitrogens with zero attached hydrogens (tertiary/aromatic N) is 3. The molecule has 1 aromatic heterocycles. The molecular weight excluding hydrogens is 390 g/mol. The van der Waals surface area contributed by atoms with E-state index in [1.165, 1.54) is 17.7 Å². The van der Waals surface area contributed by atoms with E-state index >= 15 is 0 Å². The van der Waals surface area contributed by atoms with Crippen molar-refractivity contribution in [3.63, 3.8) is 0 Å². The van der Waals surface area contributed by atoms with Crippen LogP contribution in [0.4, 0.5) is 0 Å². The van der Waals surface area contributed by atoms with Gasteiger partial charge in [0.15, 0.2) is 5.60 Å². The molecule has 0 N–H and O–H groups in total. The van der Waals surface area contributed by atoms with Gasteiger partial charge < -0.3 is 14.5 Å². The van der Waals surface area contributed by atoms with Crippen molar-refractivity contribution in [1.82, 2.24) is 14.8 Å². The SMILES string of the molecule is O=C(c1ccccc1)N1CCC2(CC1)OC1CCC(c3cnc4c(c3)CCC4)N1C2=O. The van der Waals surface area contributed by atoms with Crippen molar-refractivity contribution in [2.75, 3.05) is 13.1 Å². The normalized spacial score (nSPS) is 26.4. The molecule has 3 fully saturated rings. The number of benzene rings is 1. The topological polar surface area (TPSA) is 62.7 Å². The van der Waals surface area contributed by atoms with Crippen LogP contribution in [0.2, 0.25) is 0 Å². The molecule has 160 valence electrons. The van der Waals surface area contributed by atoms with Crippen LogP contribution < -0.4 is 0 Å². The van der Waals surface area contributed by atoms with Gasteiger partial charge in [-0.15, -0.1) is 0 Å². The molecule has 1 aromatic carbocycles. The van der Waals surface area contributed by atoms with Crippen molar-refractivity contribution >= 4 is 11.8 Å². The zero-order chi connectivity index (χ0) is 21.0. The lowest BCUT2D eigenvalue weighted by molar-refractivity contribution is -0.142. The number of aromatic nitrogens is 1. The highest BCUT2D eigenvalue weighted by molar-refractivity contribution is 5.95. The molecule has 0 saturated carbocycles. The lowest BCUT2D eigenvalue weighted by atomic mass is 9.89. The summed E-state index contributed by atoms with van der Waals surface area (Å²) in [5, 5.41) is 0. The summed E-state index contributed by atoms with van der Waals surface area (Å²) < 4.78 is 6.42. The van der Waals surface area contributed by atoms with E-state index in [0.717, 1.165) is 31.2 Å². The molecule has 2 amide bonds. The van der Waals surface area contributed by atoms with Gasteiger partial charge in [0.1, 0.15) is 6.23 Å². The molecule has 2 unspecified atom stereocenters. The van der Waals surface area contributed by atoms with Crippen LogP contribution in [0.15, 0.2) is 42.6 Å². The lowest BCUT2D eigenvalue weighted by Crippen LogP contribution is -2.51. The number of fused-ring (bicyclic) bond motifs is 2. The Balaban J connectivity index is 1.18. The number of amides is 2. The summed E-state index contributed by atoms with van der Waals surface area (Å²) in [6.07, 6.45) is 8.05. The number of pyridine rings is 1. The Morgan fingerprint density at radius 2 is 1.90 bits per heavy atom. The molecule has 2 atom stereocenters. The van der Waals surface area contributed by atoms with Gasteiger partial charge in [0.25, 0.3) is 11.8 Å². The quantitative estimate of drug-likeness (QED) is 0.753. The molecule has 3 saturated heterocycles. The van der Waals surface area contributed by atoms with E-state index in [4.69, 9.17) is 4.74 Å². The number of hydrogen-bond donors (Lipinski definition) is 0. The number of carbonyl (C=O) groups excluding carboxylic acids is 2. The van der Waals surface area contributed by atoms with Crippen LogP contribution >= 0.6 is 0 Å².